The first kappa shape index (κ1) is 15.6. The second kappa shape index (κ2) is 6.75. The second-order valence-corrected chi connectivity index (χ2v) is 5.54. The van der Waals surface area contributed by atoms with E-state index in [2.05, 4.69) is 31.5 Å². The number of tetrazole rings is 1. The summed E-state index contributed by atoms with van der Waals surface area (Å²) in [5.74, 6) is -0.788. The van der Waals surface area contributed by atoms with Gasteiger partial charge in [-0.05, 0) is 50.5 Å². The minimum absolute atomic E-state index is 0.0584. The van der Waals surface area contributed by atoms with E-state index in [1.165, 1.54) is 6.07 Å². The van der Waals surface area contributed by atoms with Crippen LogP contribution in [0.3, 0.4) is 0 Å². The molecule has 1 atom stereocenters. The molecule has 1 heterocycles. The number of hydrogen-bond donors (Lipinski definition) is 1. The Bertz CT molecular complexity index is 647. The zero-order valence-electron chi connectivity index (χ0n) is 11.3. The van der Waals surface area contributed by atoms with E-state index in [0.717, 1.165) is 0 Å². The summed E-state index contributed by atoms with van der Waals surface area (Å²) in [4.78, 5) is 10.8. The highest BCUT2D eigenvalue weighted by molar-refractivity contribution is 9.10. The Morgan fingerprint density at radius 3 is 2.90 bits per heavy atom. The molecular weight excluding hydrogens is 343 g/mol. The fourth-order valence-corrected chi connectivity index (χ4v) is 2.38. The van der Waals surface area contributed by atoms with Crippen LogP contribution >= 0.6 is 15.9 Å². The van der Waals surface area contributed by atoms with Crippen LogP contribution in [0.2, 0.25) is 0 Å². The Balaban J connectivity index is 2.25. The molecule has 0 aliphatic rings. The van der Waals surface area contributed by atoms with Crippen molar-refractivity contribution in [3.8, 4) is 11.4 Å². The molecule has 0 radical (unpaired) electrons. The summed E-state index contributed by atoms with van der Waals surface area (Å²) >= 11 is 3.12. The average Bonchev–Trinajstić information content (AvgIpc) is 2.88. The van der Waals surface area contributed by atoms with Gasteiger partial charge in [0.15, 0.2) is 5.82 Å². The van der Waals surface area contributed by atoms with E-state index in [-0.39, 0.29) is 18.2 Å². The van der Waals surface area contributed by atoms with Gasteiger partial charge in [-0.15, -0.1) is 5.10 Å². The van der Waals surface area contributed by atoms with Gasteiger partial charge in [0.05, 0.1) is 4.47 Å². The van der Waals surface area contributed by atoms with E-state index in [9.17, 15) is 9.18 Å². The lowest BCUT2D eigenvalue weighted by molar-refractivity contribution is -0.138. The number of benzene rings is 1. The van der Waals surface area contributed by atoms with E-state index >= 15 is 0 Å². The third-order valence-electron chi connectivity index (χ3n) is 3.18. The predicted octanol–water partition coefficient (Wildman–Crippen LogP) is 2.74. The minimum Gasteiger partial charge on any atom is -0.481 e. The number of carboxylic acids is 1. The first-order valence-corrected chi connectivity index (χ1v) is 7.24. The molecule has 0 fully saturated rings. The van der Waals surface area contributed by atoms with Gasteiger partial charge in [0.25, 0.3) is 0 Å². The summed E-state index contributed by atoms with van der Waals surface area (Å²) in [6.45, 7) is 2.33. The summed E-state index contributed by atoms with van der Waals surface area (Å²) in [5, 5.41) is 20.3. The van der Waals surface area contributed by atoms with Gasteiger partial charge in [-0.2, -0.15) is 0 Å². The van der Waals surface area contributed by atoms with Gasteiger partial charge in [0.1, 0.15) is 5.82 Å². The highest BCUT2D eigenvalue weighted by Crippen LogP contribution is 2.24. The normalized spacial score (nSPS) is 12.3. The van der Waals surface area contributed by atoms with Gasteiger partial charge < -0.3 is 5.11 Å². The molecule has 0 amide bonds. The smallest absolute Gasteiger partial charge is 0.303 e. The predicted molar refractivity (Wildman–Crippen MR) is 76.9 cm³/mol. The molecule has 8 heteroatoms. The molecular formula is C13H14BrFN4O2. The van der Waals surface area contributed by atoms with E-state index in [1.54, 1.807) is 16.8 Å². The second-order valence-electron chi connectivity index (χ2n) is 4.69. The van der Waals surface area contributed by atoms with Crippen LogP contribution in [0.15, 0.2) is 22.7 Å². The highest BCUT2D eigenvalue weighted by Gasteiger charge is 2.17. The standard InChI is InChI=1S/C13H14BrFN4O2/c1-2-8(5-12(20)21)7-19-13(16-17-18-19)9-3-4-11(15)10(14)6-9/h3-4,6,8H,2,5,7H2,1H3,(H,20,21). The van der Waals surface area contributed by atoms with Crippen LogP contribution in [0.5, 0.6) is 0 Å². The Labute approximate surface area is 129 Å². The maximum atomic E-state index is 13.3. The summed E-state index contributed by atoms with van der Waals surface area (Å²) < 4.78 is 15.2. The Morgan fingerprint density at radius 2 is 2.29 bits per heavy atom. The number of aromatic nitrogens is 4. The van der Waals surface area contributed by atoms with Gasteiger partial charge in [-0.3, -0.25) is 4.79 Å². The van der Waals surface area contributed by atoms with E-state index in [0.29, 0.717) is 28.8 Å². The van der Waals surface area contributed by atoms with Crippen LogP contribution in [-0.4, -0.2) is 31.3 Å². The summed E-state index contributed by atoms with van der Waals surface area (Å²) in [6, 6.07) is 4.50. The molecule has 2 aromatic rings. The van der Waals surface area contributed by atoms with Crippen molar-refractivity contribution >= 4 is 21.9 Å². The van der Waals surface area contributed by atoms with Crippen LogP contribution in [-0.2, 0) is 11.3 Å². The van der Waals surface area contributed by atoms with Crippen LogP contribution in [0, 0.1) is 11.7 Å². The van der Waals surface area contributed by atoms with Crippen LogP contribution in [0.4, 0.5) is 4.39 Å². The maximum absolute atomic E-state index is 13.3. The van der Waals surface area contributed by atoms with Crippen molar-refractivity contribution in [1.82, 2.24) is 20.2 Å². The van der Waals surface area contributed by atoms with E-state index in [1.807, 2.05) is 6.92 Å². The third kappa shape index (κ3) is 3.84. The molecule has 0 saturated heterocycles. The monoisotopic (exact) mass is 356 g/mol. The van der Waals surface area contributed by atoms with Gasteiger partial charge in [-0.25, -0.2) is 9.07 Å². The van der Waals surface area contributed by atoms with Crippen molar-refractivity contribution in [2.45, 2.75) is 26.3 Å². The lowest BCUT2D eigenvalue weighted by Gasteiger charge is -2.13. The molecule has 2 rings (SSSR count). The molecule has 0 aliphatic carbocycles. The first-order valence-electron chi connectivity index (χ1n) is 6.44. The molecule has 0 bridgehead atoms. The molecule has 1 unspecified atom stereocenters. The first-order chi connectivity index (χ1) is 10.0. The molecule has 0 saturated carbocycles. The van der Waals surface area contributed by atoms with Gasteiger partial charge in [-0.1, -0.05) is 13.3 Å². The number of halogens is 2. The Morgan fingerprint density at radius 1 is 1.52 bits per heavy atom. The molecule has 0 spiro atoms. The quantitative estimate of drug-likeness (QED) is 0.860. The van der Waals surface area contributed by atoms with Crippen LogP contribution < -0.4 is 0 Å². The summed E-state index contributed by atoms with van der Waals surface area (Å²) in [5.41, 5.74) is 0.665. The fraction of sp³-hybridized carbons (Fsp3) is 0.385. The van der Waals surface area contributed by atoms with Crippen molar-refractivity contribution in [2.24, 2.45) is 5.92 Å². The van der Waals surface area contributed by atoms with Crippen LogP contribution in [0.25, 0.3) is 11.4 Å². The fourth-order valence-electron chi connectivity index (χ4n) is 2.00. The molecule has 0 aliphatic heterocycles. The van der Waals surface area contributed by atoms with Crippen molar-refractivity contribution in [3.05, 3.63) is 28.5 Å². The number of rotatable bonds is 6. The number of carboxylic acid groups (broad SMARTS) is 1. The molecule has 1 aromatic carbocycles. The SMILES string of the molecule is CCC(CC(=O)O)Cn1nnnc1-c1ccc(F)c(Br)c1. The summed E-state index contributed by atoms with van der Waals surface area (Å²) in [7, 11) is 0. The number of hydrogen-bond acceptors (Lipinski definition) is 4. The molecule has 21 heavy (non-hydrogen) atoms. The molecule has 1 aromatic heterocycles. The topological polar surface area (TPSA) is 80.9 Å². The van der Waals surface area contributed by atoms with Crippen molar-refractivity contribution < 1.29 is 14.3 Å². The summed E-state index contributed by atoms with van der Waals surface area (Å²) in [6.07, 6.45) is 0.766. The lowest BCUT2D eigenvalue weighted by atomic mass is 10.0. The van der Waals surface area contributed by atoms with Gasteiger partial charge in [0, 0.05) is 18.5 Å². The van der Waals surface area contributed by atoms with Gasteiger partial charge in [0.2, 0.25) is 0 Å². The Hall–Kier alpha value is -1.83. The number of aliphatic carboxylic acids is 1. The lowest BCUT2D eigenvalue weighted by Crippen LogP contribution is -2.16. The average molecular weight is 357 g/mol. The number of nitrogens with zero attached hydrogens (tertiary/aromatic N) is 4. The van der Waals surface area contributed by atoms with Crippen molar-refractivity contribution in [1.29, 1.82) is 0 Å². The molecule has 1 N–H and O–H groups in total. The zero-order valence-corrected chi connectivity index (χ0v) is 12.9. The van der Waals surface area contributed by atoms with Crippen molar-refractivity contribution in [3.63, 3.8) is 0 Å². The van der Waals surface area contributed by atoms with E-state index in [4.69, 9.17) is 5.11 Å². The largest absolute Gasteiger partial charge is 0.481 e. The Kier molecular flexibility index (Phi) is 5.00. The van der Waals surface area contributed by atoms with Gasteiger partial charge >= 0.3 is 5.97 Å². The zero-order chi connectivity index (χ0) is 15.4. The maximum Gasteiger partial charge on any atom is 0.303 e. The number of carbonyl (C=O) groups is 1. The van der Waals surface area contributed by atoms with Crippen LogP contribution in [0.1, 0.15) is 19.8 Å². The minimum atomic E-state index is -0.846. The molecule has 112 valence electrons. The highest BCUT2D eigenvalue weighted by atomic mass is 79.9. The third-order valence-corrected chi connectivity index (χ3v) is 3.79. The van der Waals surface area contributed by atoms with E-state index < -0.39 is 5.97 Å². The molecule has 6 nitrogen and oxygen atoms in total. The van der Waals surface area contributed by atoms with Crippen molar-refractivity contribution in [2.75, 3.05) is 0 Å².